The molecule has 1 saturated heterocycles. The van der Waals surface area contributed by atoms with Crippen LogP contribution >= 0.6 is 0 Å². The molecule has 0 unspecified atom stereocenters. The molecule has 3 heterocycles. The van der Waals surface area contributed by atoms with Gasteiger partial charge < -0.3 is 9.80 Å². The number of piperazine rings is 1. The molecule has 2 aliphatic rings. The summed E-state index contributed by atoms with van der Waals surface area (Å²) in [6, 6.07) is 5.87. The molecule has 0 spiro atoms. The van der Waals surface area contributed by atoms with E-state index in [1.54, 1.807) is 17.0 Å². The Morgan fingerprint density at radius 2 is 1.96 bits per heavy atom. The largest absolute Gasteiger partial charge is 0.353 e. The van der Waals surface area contributed by atoms with Crippen LogP contribution in [-0.2, 0) is 12.8 Å². The van der Waals surface area contributed by atoms with Crippen LogP contribution in [0.5, 0.6) is 0 Å². The summed E-state index contributed by atoms with van der Waals surface area (Å²) in [6.07, 6.45) is 4.60. The van der Waals surface area contributed by atoms with E-state index in [0.717, 1.165) is 30.8 Å². The first kappa shape index (κ1) is 16.2. The molecule has 1 fully saturated rings. The van der Waals surface area contributed by atoms with E-state index in [4.69, 9.17) is 0 Å². The van der Waals surface area contributed by atoms with Gasteiger partial charge in [-0.3, -0.25) is 4.79 Å². The summed E-state index contributed by atoms with van der Waals surface area (Å²) in [5, 5.41) is 4.36. The zero-order chi connectivity index (χ0) is 18.4. The third kappa shape index (κ3) is 2.72. The van der Waals surface area contributed by atoms with Crippen LogP contribution in [-0.4, -0.2) is 56.6 Å². The Hall–Kier alpha value is -3.03. The molecule has 1 aromatic carbocycles. The number of fused-ring (bicyclic) bond motifs is 2. The van der Waals surface area contributed by atoms with Crippen molar-refractivity contribution < 1.29 is 9.18 Å². The Balaban J connectivity index is 1.39. The van der Waals surface area contributed by atoms with Crippen LogP contribution in [0.15, 0.2) is 30.6 Å². The number of aryl methyl sites for hydroxylation is 1. The Kier molecular flexibility index (Phi) is 3.77. The SMILES string of the molecule is O=C(c1cccc(F)c1)N1CCN(c2c3c(nc4ncnn24)CCC3)CC1. The summed E-state index contributed by atoms with van der Waals surface area (Å²) >= 11 is 0. The molecular formula is C19H19FN6O. The van der Waals surface area contributed by atoms with Crippen molar-refractivity contribution in [2.45, 2.75) is 19.3 Å². The summed E-state index contributed by atoms with van der Waals surface area (Å²) in [5.74, 6) is 1.17. The number of hydrogen-bond acceptors (Lipinski definition) is 5. The molecule has 0 radical (unpaired) electrons. The first-order valence-corrected chi connectivity index (χ1v) is 9.22. The highest BCUT2D eigenvalue weighted by Gasteiger charge is 2.28. The van der Waals surface area contributed by atoms with Crippen molar-refractivity contribution in [1.82, 2.24) is 24.5 Å². The second-order valence-corrected chi connectivity index (χ2v) is 6.98. The molecule has 7 nitrogen and oxygen atoms in total. The van der Waals surface area contributed by atoms with Gasteiger partial charge in [0.15, 0.2) is 0 Å². The minimum absolute atomic E-state index is 0.125. The quantitative estimate of drug-likeness (QED) is 0.691. The normalized spacial score (nSPS) is 16.8. The molecule has 0 bridgehead atoms. The molecule has 27 heavy (non-hydrogen) atoms. The molecule has 1 aliphatic carbocycles. The Morgan fingerprint density at radius 1 is 1.11 bits per heavy atom. The second kappa shape index (κ2) is 6.29. The molecule has 2 aromatic heterocycles. The number of rotatable bonds is 2. The maximum atomic E-state index is 13.4. The molecule has 5 rings (SSSR count). The maximum Gasteiger partial charge on any atom is 0.254 e. The van der Waals surface area contributed by atoms with E-state index < -0.39 is 0 Å². The Labute approximate surface area is 155 Å². The smallest absolute Gasteiger partial charge is 0.254 e. The van der Waals surface area contributed by atoms with Crippen LogP contribution in [0.2, 0.25) is 0 Å². The van der Waals surface area contributed by atoms with Crippen molar-refractivity contribution in [2.24, 2.45) is 0 Å². The van der Waals surface area contributed by atoms with Crippen LogP contribution in [0.25, 0.3) is 5.78 Å². The van der Waals surface area contributed by atoms with E-state index in [0.29, 0.717) is 37.5 Å². The topological polar surface area (TPSA) is 66.6 Å². The number of carbonyl (C=O) groups is 1. The predicted octanol–water partition coefficient (Wildman–Crippen LogP) is 1.71. The standard InChI is InChI=1S/C19H19FN6O/c20-14-4-1-3-13(11-14)18(27)25-9-7-24(8-10-25)17-15-5-2-6-16(15)23-19-21-12-22-26(17)19/h1,3-4,11-12H,2,5-10H2. The number of amides is 1. The highest BCUT2D eigenvalue weighted by molar-refractivity contribution is 5.94. The number of halogens is 1. The van der Waals surface area contributed by atoms with Gasteiger partial charge in [0.25, 0.3) is 11.7 Å². The number of anilines is 1. The van der Waals surface area contributed by atoms with Crippen molar-refractivity contribution in [3.05, 3.63) is 53.2 Å². The fraction of sp³-hybridized carbons (Fsp3) is 0.368. The van der Waals surface area contributed by atoms with E-state index >= 15 is 0 Å². The molecule has 138 valence electrons. The Bertz CT molecular complexity index is 1020. The zero-order valence-corrected chi connectivity index (χ0v) is 14.8. The Morgan fingerprint density at radius 3 is 2.78 bits per heavy atom. The second-order valence-electron chi connectivity index (χ2n) is 6.98. The summed E-state index contributed by atoms with van der Waals surface area (Å²) in [7, 11) is 0. The number of hydrogen-bond donors (Lipinski definition) is 0. The third-order valence-corrected chi connectivity index (χ3v) is 5.36. The number of carbonyl (C=O) groups excluding carboxylic acids is 1. The van der Waals surface area contributed by atoms with Gasteiger partial charge >= 0.3 is 0 Å². The summed E-state index contributed by atoms with van der Waals surface area (Å²) in [6.45, 7) is 2.57. The lowest BCUT2D eigenvalue weighted by molar-refractivity contribution is 0.0746. The van der Waals surface area contributed by atoms with Gasteiger partial charge in [-0.05, 0) is 37.5 Å². The predicted molar refractivity (Wildman–Crippen MR) is 97.3 cm³/mol. The number of nitrogens with zero attached hydrogens (tertiary/aromatic N) is 6. The minimum Gasteiger partial charge on any atom is -0.353 e. The van der Waals surface area contributed by atoms with Crippen LogP contribution in [0.4, 0.5) is 10.2 Å². The summed E-state index contributed by atoms with van der Waals surface area (Å²) < 4.78 is 15.2. The van der Waals surface area contributed by atoms with Crippen LogP contribution in [0.1, 0.15) is 28.0 Å². The van der Waals surface area contributed by atoms with Crippen molar-refractivity contribution >= 4 is 17.5 Å². The molecule has 0 saturated carbocycles. The first-order chi connectivity index (χ1) is 13.2. The van der Waals surface area contributed by atoms with Crippen molar-refractivity contribution in [3.63, 3.8) is 0 Å². The lowest BCUT2D eigenvalue weighted by Gasteiger charge is -2.36. The lowest BCUT2D eigenvalue weighted by Crippen LogP contribution is -2.49. The molecule has 0 atom stereocenters. The number of aromatic nitrogens is 4. The van der Waals surface area contributed by atoms with Crippen LogP contribution in [0, 0.1) is 5.82 Å². The van der Waals surface area contributed by atoms with E-state index in [-0.39, 0.29) is 11.7 Å². The van der Waals surface area contributed by atoms with Crippen molar-refractivity contribution in [1.29, 1.82) is 0 Å². The van der Waals surface area contributed by atoms with Gasteiger partial charge in [0.05, 0.1) is 5.69 Å². The zero-order valence-electron chi connectivity index (χ0n) is 14.8. The maximum absolute atomic E-state index is 13.4. The van der Waals surface area contributed by atoms with Gasteiger partial charge in [0, 0.05) is 37.3 Å². The van der Waals surface area contributed by atoms with Gasteiger partial charge in [-0.15, -0.1) is 0 Å². The van der Waals surface area contributed by atoms with E-state index in [2.05, 4.69) is 20.0 Å². The van der Waals surface area contributed by atoms with Crippen molar-refractivity contribution in [2.75, 3.05) is 31.1 Å². The third-order valence-electron chi connectivity index (χ3n) is 5.36. The molecule has 1 aliphatic heterocycles. The lowest BCUT2D eigenvalue weighted by atomic mass is 10.1. The fourth-order valence-electron chi connectivity index (χ4n) is 4.05. The molecule has 8 heteroatoms. The average molecular weight is 366 g/mol. The molecule has 3 aromatic rings. The minimum atomic E-state index is -0.389. The van der Waals surface area contributed by atoms with E-state index in [1.807, 2.05) is 4.52 Å². The average Bonchev–Trinajstić information content (AvgIpc) is 3.34. The fourth-order valence-corrected chi connectivity index (χ4v) is 4.05. The highest BCUT2D eigenvalue weighted by Crippen LogP contribution is 2.31. The summed E-state index contributed by atoms with van der Waals surface area (Å²) in [4.78, 5) is 25.6. The van der Waals surface area contributed by atoms with E-state index in [9.17, 15) is 9.18 Å². The molecular weight excluding hydrogens is 347 g/mol. The molecule has 0 N–H and O–H groups in total. The molecule has 1 amide bonds. The van der Waals surface area contributed by atoms with Gasteiger partial charge in [-0.2, -0.15) is 14.6 Å². The monoisotopic (exact) mass is 366 g/mol. The summed E-state index contributed by atoms with van der Waals surface area (Å²) in [5.41, 5.74) is 2.76. The van der Waals surface area contributed by atoms with Crippen LogP contribution < -0.4 is 4.90 Å². The van der Waals surface area contributed by atoms with Gasteiger partial charge in [-0.1, -0.05) is 6.07 Å². The van der Waals surface area contributed by atoms with Gasteiger partial charge in [-0.25, -0.2) is 9.37 Å². The van der Waals surface area contributed by atoms with Crippen molar-refractivity contribution in [3.8, 4) is 0 Å². The van der Waals surface area contributed by atoms with Crippen LogP contribution in [0.3, 0.4) is 0 Å². The van der Waals surface area contributed by atoms with Gasteiger partial charge in [0.1, 0.15) is 18.0 Å². The number of benzene rings is 1. The van der Waals surface area contributed by atoms with E-state index in [1.165, 1.54) is 24.0 Å². The van der Waals surface area contributed by atoms with Gasteiger partial charge in [0.2, 0.25) is 0 Å². The highest BCUT2D eigenvalue weighted by atomic mass is 19.1. The first-order valence-electron chi connectivity index (χ1n) is 9.22.